The van der Waals surface area contributed by atoms with Gasteiger partial charge in [0.15, 0.2) is 21.3 Å². The number of sulfone groups is 1. The Labute approximate surface area is 165 Å². The number of carbonyl (C=O) groups excluding carboxylic acids is 1. The van der Waals surface area contributed by atoms with Crippen LogP contribution in [0.4, 0.5) is 0 Å². The second kappa shape index (κ2) is 7.47. The number of hydrogen-bond donors (Lipinski definition) is 0. The Bertz CT molecular complexity index is 996. The first kappa shape index (κ1) is 18.8. The van der Waals surface area contributed by atoms with E-state index < -0.39 is 9.84 Å². The topological polar surface area (TPSA) is 72.9 Å². The fraction of sp³-hybridized carbons (Fsp3) is 0.381. The molecule has 2 aromatic carbocycles. The van der Waals surface area contributed by atoms with E-state index in [0.29, 0.717) is 23.6 Å². The summed E-state index contributed by atoms with van der Waals surface area (Å²) < 4.78 is 34.6. The zero-order valence-electron chi connectivity index (χ0n) is 15.8. The van der Waals surface area contributed by atoms with Crippen LogP contribution in [0.3, 0.4) is 0 Å². The molecular weight excluding hydrogens is 378 g/mol. The quantitative estimate of drug-likeness (QED) is 0.768. The number of hydrogen-bond acceptors (Lipinski definition) is 5. The molecule has 0 N–H and O–H groups in total. The van der Waals surface area contributed by atoms with Crippen LogP contribution in [0.15, 0.2) is 47.4 Å². The predicted molar refractivity (Wildman–Crippen MR) is 104 cm³/mol. The lowest BCUT2D eigenvalue weighted by Gasteiger charge is -2.29. The molecule has 0 atom stereocenters. The van der Waals surface area contributed by atoms with Gasteiger partial charge in [-0.25, -0.2) is 8.42 Å². The van der Waals surface area contributed by atoms with Crippen molar-refractivity contribution in [2.75, 3.05) is 13.0 Å². The van der Waals surface area contributed by atoms with E-state index in [2.05, 4.69) is 0 Å². The van der Waals surface area contributed by atoms with Gasteiger partial charge in [0.2, 0.25) is 6.79 Å². The van der Waals surface area contributed by atoms with Crippen LogP contribution in [0.5, 0.6) is 11.5 Å². The van der Waals surface area contributed by atoms with Gasteiger partial charge in [0.05, 0.1) is 4.90 Å². The van der Waals surface area contributed by atoms with Gasteiger partial charge in [-0.05, 0) is 48.7 Å². The average Bonchev–Trinajstić information content (AvgIpc) is 3.36. The highest BCUT2D eigenvalue weighted by molar-refractivity contribution is 7.90. The van der Waals surface area contributed by atoms with E-state index in [1.165, 1.54) is 12.1 Å². The molecule has 148 valence electrons. The zero-order valence-corrected chi connectivity index (χ0v) is 16.6. The van der Waals surface area contributed by atoms with Crippen LogP contribution in [0, 0.1) is 0 Å². The van der Waals surface area contributed by atoms with Crippen LogP contribution in [0.2, 0.25) is 0 Å². The van der Waals surface area contributed by atoms with Gasteiger partial charge in [-0.2, -0.15) is 0 Å². The van der Waals surface area contributed by atoms with Gasteiger partial charge in [0.25, 0.3) is 5.91 Å². The number of amides is 1. The zero-order chi connectivity index (χ0) is 19.7. The SMILES string of the molecule is CS(=O)(=O)c1cccc(C(=O)N(Cc2ccc3c(c2)OCO3)C2CCCC2)c1. The summed E-state index contributed by atoms with van der Waals surface area (Å²) in [5, 5.41) is 0. The summed E-state index contributed by atoms with van der Waals surface area (Å²) in [5.41, 5.74) is 1.36. The third-order valence-corrected chi connectivity index (χ3v) is 6.44. The Hall–Kier alpha value is -2.54. The second-order valence-electron chi connectivity index (χ2n) is 7.36. The Balaban J connectivity index is 1.64. The summed E-state index contributed by atoms with van der Waals surface area (Å²) in [7, 11) is -3.37. The van der Waals surface area contributed by atoms with Gasteiger partial charge in [0, 0.05) is 24.4 Å². The Morgan fingerprint density at radius 1 is 1.07 bits per heavy atom. The highest BCUT2D eigenvalue weighted by Crippen LogP contribution is 2.34. The van der Waals surface area contributed by atoms with E-state index in [0.717, 1.165) is 37.5 Å². The fourth-order valence-corrected chi connectivity index (χ4v) is 4.51. The van der Waals surface area contributed by atoms with Gasteiger partial charge >= 0.3 is 0 Å². The van der Waals surface area contributed by atoms with Crippen molar-refractivity contribution >= 4 is 15.7 Å². The molecule has 1 amide bonds. The van der Waals surface area contributed by atoms with E-state index in [1.807, 2.05) is 23.1 Å². The Morgan fingerprint density at radius 3 is 2.57 bits per heavy atom. The lowest BCUT2D eigenvalue weighted by molar-refractivity contribution is 0.0664. The molecule has 28 heavy (non-hydrogen) atoms. The van der Waals surface area contributed by atoms with Crippen molar-refractivity contribution < 1.29 is 22.7 Å². The molecule has 6 nitrogen and oxygen atoms in total. The van der Waals surface area contributed by atoms with E-state index in [4.69, 9.17) is 9.47 Å². The molecule has 0 bridgehead atoms. The highest BCUT2D eigenvalue weighted by atomic mass is 32.2. The molecule has 0 aromatic heterocycles. The third-order valence-electron chi connectivity index (χ3n) is 5.33. The maximum atomic E-state index is 13.3. The molecule has 1 heterocycles. The summed E-state index contributed by atoms with van der Waals surface area (Å²) in [6, 6.07) is 12.2. The molecule has 1 aliphatic heterocycles. The maximum absolute atomic E-state index is 13.3. The van der Waals surface area contributed by atoms with Gasteiger partial charge in [-0.3, -0.25) is 4.79 Å². The first-order chi connectivity index (χ1) is 13.4. The minimum Gasteiger partial charge on any atom is -0.454 e. The molecule has 1 saturated carbocycles. The van der Waals surface area contributed by atoms with Crippen LogP contribution in [-0.2, 0) is 16.4 Å². The van der Waals surface area contributed by atoms with E-state index in [-0.39, 0.29) is 23.6 Å². The first-order valence-corrected chi connectivity index (χ1v) is 11.3. The molecule has 1 aliphatic carbocycles. The minimum absolute atomic E-state index is 0.143. The minimum atomic E-state index is -3.37. The summed E-state index contributed by atoms with van der Waals surface area (Å²) in [6.07, 6.45) is 5.26. The molecule has 1 fully saturated rings. The standard InChI is InChI=1S/C21H23NO5S/c1-28(24,25)18-8-4-5-16(12-18)21(23)22(17-6-2-3-7-17)13-15-9-10-19-20(11-15)27-14-26-19/h4-5,8-12,17H,2-3,6-7,13-14H2,1H3. The average molecular weight is 401 g/mol. The van der Waals surface area contributed by atoms with E-state index >= 15 is 0 Å². The molecule has 2 aromatic rings. The molecule has 4 rings (SSSR count). The molecule has 0 unspecified atom stereocenters. The number of fused-ring (bicyclic) bond motifs is 1. The van der Waals surface area contributed by atoms with Crippen LogP contribution >= 0.6 is 0 Å². The summed E-state index contributed by atoms with van der Waals surface area (Å²) in [4.78, 5) is 15.4. The fourth-order valence-electron chi connectivity index (χ4n) is 3.84. The predicted octanol–water partition coefficient (Wildman–Crippen LogP) is 3.40. The van der Waals surface area contributed by atoms with Crippen molar-refractivity contribution in [3.8, 4) is 11.5 Å². The summed E-state index contributed by atoms with van der Waals surface area (Å²) in [6.45, 7) is 0.658. The van der Waals surface area contributed by atoms with Gasteiger partial charge in [-0.15, -0.1) is 0 Å². The Morgan fingerprint density at radius 2 is 1.82 bits per heavy atom. The first-order valence-electron chi connectivity index (χ1n) is 9.41. The number of nitrogens with zero attached hydrogens (tertiary/aromatic N) is 1. The lowest BCUT2D eigenvalue weighted by atomic mass is 10.1. The van der Waals surface area contributed by atoms with Crippen molar-refractivity contribution in [2.24, 2.45) is 0 Å². The maximum Gasteiger partial charge on any atom is 0.254 e. The van der Waals surface area contributed by atoms with Crippen molar-refractivity contribution in [1.29, 1.82) is 0 Å². The number of ether oxygens (including phenoxy) is 2. The molecule has 2 aliphatic rings. The highest BCUT2D eigenvalue weighted by Gasteiger charge is 2.28. The lowest BCUT2D eigenvalue weighted by Crippen LogP contribution is -2.38. The smallest absolute Gasteiger partial charge is 0.254 e. The molecule has 0 spiro atoms. The van der Waals surface area contributed by atoms with Gasteiger partial charge < -0.3 is 14.4 Å². The monoisotopic (exact) mass is 401 g/mol. The summed E-state index contributed by atoms with van der Waals surface area (Å²) >= 11 is 0. The van der Waals surface area contributed by atoms with Crippen LogP contribution < -0.4 is 9.47 Å². The summed E-state index contributed by atoms with van der Waals surface area (Å²) in [5.74, 6) is 1.26. The molecule has 0 saturated heterocycles. The van der Waals surface area contributed by atoms with Crippen molar-refractivity contribution in [1.82, 2.24) is 4.90 Å². The van der Waals surface area contributed by atoms with Crippen LogP contribution in [-0.4, -0.2) is 38.3 Å². The van der Waals surface area contributed by atoms with E-state index in [9.17, 15) is 13.2 Å². The van der Waals surface area contributed by atoms with Crippen LogP contribution in [0.1, 0.15) is 41.6 Å². The van der Waals surface area contributed by atoms with Crippen LogP contribution in [0.25, 0.3) is 0 Å². The largest absolute Gasteiger partial charge is 0.454 e. The van der Waals surface area contributed by atoms with Gasteiger partial charge in [0.1, 0.15) is 0 Å². The normalized spacial score (nSPS) is 16.3. The van der Waals surface area contributed by atoms with Crippen molar-refractivity contribution in [3.05, 3.63) is 53.6 Å². The second-order valence-corrected chi connectivity index (χ2v) is 9.37. The number of benzene rings is 2. The molecular formula is C21H23NO5S. The third kappa shape index (κ3) is 3.85. The molecule has 7 heteroatoms. The van der Waals surface area contributed by atoms with Gasteiger partial charge in [-0.1, -0.05) is 25.0 Å². The van der Waals surface area contributed by atoms with Crippen molar-refractivity contribution in [2.45, 2.75) is 43.2 Å². The molecule has 0 radical (unpaired) electrons. The van der Waals surface area contributed by atoms with Crippen molar-refractivity contribution in [3.63, 3.8) is 0 Å². The number of carbonyl (C=O) groups is 1. The Kier molecular flexibility index (Phi) is 5.02. The number of rotatable bonds is 5. The van der Waals surface area contributed by atoms with E-state index in [1.54, 1.807) is 12.1 Å².